The molecule has 0 radical (unpaired) electrons. The maximum atomic E-state index is 10.0. The minimum absolute atomic E-state index is 0.157. The normalized spacial score (nSPS) is 29.1. The molecule has 4 rings (SSSR count). The van der Waals surface area contributed by atoms with Crippen molar-refractivity contribution in [1.29, 1.82) is 0 Å². The second-order valence-electron chi connectivity index (χ2n) is 5.90. The van der Waals surface area contributed by atoms with Crippen molar-refractivity contribution in [3.05, 3.63) is 24.3 Å². The molecule has 20 heavy (non-hydrogen) atoms. The number of hydrogen-bond donors (Lipinski definition) is 2. The summed E-state index contributed by atoms with van der Waals surface area (Å²) in [6.07, 6.45) is 1.90. The van der Waals surface area contributed by atoms with Crippen LogP contribution >= 0.6 is 0 Å². The van der Waals surface area contributed by atoms with E-state index in [-0.39, 0.29) is 6.10 Å². The van der Waals surface area contributed by atoms with Gasteiger partial charge in [0.1, 0.15) is 5.82 Å². The molecule has 3 unspecified atom stereocenters. The number of hydrogen-bond acceptors (Lipinski definition) is 5. The van der Waals surface area contributed by atoms with Crippen molar-refractivity contribution in [2.45, 2.75) is 18.9 Å². The quantitative estimate of drug-likeness (QED) is 0.819. The molecule has 2 heterocycles. The minimum atomic E-state index is -0.157. The lowest BCUT2D eigenvalue weighted by atomic mass is 10.00. The van der Waals surface area contributed by atoms with Crippen LogP contribution < -0.4 is 10.6 Å². The van der Waals surface area contributed by atoms with Crippen molar-refractivity contribution in [1.82, 2.24) is 9.97 Å². The van der Waals surface area contributed by atoms with E-state index in [0.29, 0.717) is 17.8 Å². The number of nitrogens with two attached hydrogens (primary N) is 1. The summed E-state index contributed by atoms with van der Waals surface area (Å²) in [5.41, 5.74) is 6.72. The Morgan fingerprint density at radius 1 is 1.15 bits per heavy atom. The highest BCUT2D eigenvalue weighted by molar-refractivity contribution is 5.90. The van der Waals surface area contributed by atoms with Gasteiger partial charge in [-0.3, -0.25) is 0 Å². The Balaban J connectivity index is 1.76. The van der Waals surface area contributed by atoms with E-state index in [4.69, 9.17) is 5.73 Å². The average Bonchev–Trinajstić information content (AvgIpc) is 3.00. The lowest BCUT2D eigenvalue weighted by molar-refractivity contribution is 0.133. The Kier molecular flexibility index (Phi) is 2.57. The second kappa shape index (κ2) is 4.31. The van der Waals surface area contributed by atoms with E-state index in [1.54, 1.807) is 0 Å². The number of aliphatic hydroxyl groups excluding tert-OH is 1. The van der Waals surface area contributed by atoms with Crippen LogP contribution in [0.4, 0.5) is 11.8 Å². The van der Waals surface area contributed by atoms with Crippen molar-refractivity contribution in [2.24, 2.45) is 11.8 Å². The summed E-state index contributed by atoms with van der Waals surface area (Å²) in [6, 6.07) is 7.95. The van der Waals surface area contributed by atoms with Crippen LogP contribution in [0.15, 0.2) is 24.3 Å². The predicted octanol–water partition coefficient (Wildman–Crippen LogP) is 1.42. The zero-order valence-corrected chi connectivity index (χ0v) is 11.2. The molecule has 2 aliphatic rings. The van der Waals surface area contributed by atoms with E-state index >= 15 is 0 Å². The van der Waals surface area contributed by atoms with E-state index in [0.717, 1.165) is 42.7 Å². The van der Waals surface area contributed by atoms with Crippen LogP contribution in [0.5, 0.6) is 0 Å². The number of nitrogens with zero attached hydrogens (tertiary/aromatic N) is 3. The van der Waals surface area contributed by atoms with Crippen molar-refractivity contribution in [2.75, 3.05) is 23.7 Å². The summed E-state index contributed by atoms with van der Waals surface area (Å²) in [5, 5.41) is 11.1. The Bertz CT molecular complexity index is 659. The van der Waals surface area contributed by atoms with Gasteiger partial charge >= 0.3 is 0 Å². The summed E-state index contributed by atoms with van der Waals surface area (Å²) < 4.78 is 0. The first-order valence-corrected chi connectivity index (χ1v) is 7.17. The van der Waals surface area contributed by atoms with Gasteiger partial charge in [0.15, 0.2) is 0 Å². The van der Waals surface area contributed by atoms with E-state index in [1.807, 2.05) is 24.3 Å². The van der Waals surface area contributed by atoms with Crippen LogP contribution in [-0.2, 0) is 0 Å². The maximum absolute atomic E-state index is 10.0. The molecule has 5 nitrogen and oxygen atoms in total. The van der Waals surface area contributed by atoms with Crippen LogP contribution in [0, 0.1) is 11.8 Å². The third-order valence-electron chi connectivity index (χ3n) is 4.72. The van der Waals surface area contributed by atoms with Crippen LogP contribution in [0.3, 0.4) is 0 Å². The summed E-state index contributed by atoms with van der Waals surface area (Å²) >= 11 is 0. The number of fused-ring (bicyclic) bond motifs is 2. The van der Waals surface area contributed by atoms with Gasteiger partial charge in [-0.2, -0.15) is 4.98 Å². The van der Waals surface area contributed by atoms with Crippen molar-refractivity contribution in [3.63, 3.8) is 0 Å². The van der Waals surface area contributed by atoms with Gasteiger partial charge in [-0.05, 0) is 30.9 Å². The molecule has 1 saturated heterocycles. The Morgan fingerprint density at radius 3 is 2.85 bits per heavy atom. The van der Waals surface area contributed by atoms with Gasteiger partial charge in [-0.1, -0.05) is 12.1 Å². The van der Waals surface area contributed by atoms with Crippen molar-refractivity contribution in [3.8, 4) is 0 Å². The fraction of sp³-hybridized carbons (Fsp3) is 0.467. The third kappa shape index (κ3) is 1.73. The number of benzene rings is 1. The van der Waals surface area contributed by atoms with Gasteiger partial charge in [-0.25, -0.2) is 4.98 Å². The number of nitrogen functional groups attached to an aromatic ring is 1. The molecule has 2 aromatic rings. The molecule has 104 valence electrons. The zero-order valence-electron chi connectivity index (χ0n) is 11.2. The topological polar surface area (TPSA) is 75.3 Å². The van der Waals surface area contributed by atoms with E-state index in [2.05, 4.69) is 14.9 Å². The molecule has 0 spiro atoms. The van der Waals surface area contributed by atoms with Crippen LogP contribution in [-0.4, -0.2) is 34.3 Å². The zero-order chi connectivity index (χ0) is 13.7. The number of anilines is 2. The first-order chi connectivity index (χ1) is 9.72. The standard InChI is InChI=1S/C15H18N4O/c16-15-17-12-4-2-1-3-10(12)14(18-15)19-7-9-5-6-13(20)11(9)8-19/h1-4,9,11,13,20H,5-8H2,(H2,16,17,18). The fourth-order valence-electron chi connectivity index (χ4n) is 3.73. The molecule has 1 aromatic heterocycles. The molecule has 3 atom stereocenters. The summed E-state index contributed by atoms with van der Waals surface area (Å²) in [7, 11) is 0. The van der Waals surface area contributed by atoms with E-state index in [1.165, 1.54) is 0 Å². The van der Waals surface area contributed by atoms with E-state index < -0.39 is 0 Å². The molecule has 0 amide bonds. The lowest BCUT2D eigenvalue weighted by Crippen LogP contribution is -2.25. The van der Waals surface area contributed by atoms with Gasteiger partial charge in [0.05, 0.1) is 11.6 Å². The van der Waals surface area contributed by atoms with Gasteiger partial charge in [0.2, 0.25) is 5.95 Å². The molecule has 3 N–H and O–H groups in total. The van der Waals surface area contributed by atoms with Crippen LogP contribution in [0.25, 0.3) is 10.9 Å². The third-order valence-corrected chi connectivity index (χ3v) is 4.72. The number of rotatable bonds is 1. The van der Waals surface area contributed by atoms with Crippen LogP contribution in [0.1, 0.15) is 12.8 Å². The summed E-state index contributed by atoms with van der Waals surface area (Å²) in [6.45, 7) is 1.83. The van der Waals surface area contributed by atoms with Gasteiger partial charge in [0, 0.05) is 24.4 Å². The number of para-hydroxylation sites is 1. The number of aliphatic hydroxyl groups is 1. The smallest absolute Gasteiger partial charge is 0.222 e. The fourth-order valence-corrected chi connectivity index (χ4v) is 3.73. The predicted molar refractivity (Wildman–Crippen MR) is 78.4 cm³/mol. The first kappa shape index (κ1) is 11.9. The Labute approximate surface area is 117 Å². The monoisotopic (exact) mass is 270 g/mol. The van der Waals surface area contributed by atoms with Crippen molar-refractivity contribution >= 4 is 22.7 Å². The van der Waals surface area contributed by atoms with Gasteiger partial charge in [-0.15, -0.1) is 0 Å². The molecular weight excluding hydrogens is 252 g/mol. The second-order valence-corrected chi connectivity index (χ2v) is 5.90. The highest BCUT2D eigenvalue weighted by Crippen LogP contribution is 2.40. The first-order valence-electron chi connectivity index (χ1n) is 7.17. The largest absolute Gasteiger partial charge is 0.393 e. The summed E-state index contributed by atoms with van der Waals surface area (Å²) in [5.74, 6) is 2.19. The molecule has 1 aliphatic carbocycles. The molecule has 1 aliphatic heterocycles. The van der Waals surface area contributed by atoms with Crippen LogP contribution in [0.2, 0.25) is 0 Å². The van der Waals surface area contributed by atoms with E-state index in [9.17, 15) is 5.11 Å². The molecular formula is C15H18N4O. The summed E-state index contributed by atoms with van der Waals surface area (Å²) in [4.78, 5) is 11.0. The minimum Gasteiger partial charge on any atom is -0.393 e. The molecule has 0 bridgehead atoms. The highest BCUT2D eigenvalue weighted by Gasteiger charge is 2.42. The molecule has 1 aromatic carbocycles. The molecule has 5 heteroatoms. The van der Waals surface area contributed by atoms with Crippen molar-refractivity contribution < 1.29 is 5.11 Å². The highest BCUT2D eigenvalue weighted by atomic mass is 16.3. The Morgan fingerprint density at radius 2 is 2.00 bits per heavy atom. The number of aromatic nitrogens is 2. The van der Waals surface area contributed by atoms with Gasteiger partial charge in [0.25, 0.3) is 0 Å². The molecule has 1 saturated carbocycles. The SMILES string of the molecule is Nc1nc(N2CC3CCC(O)C3C2)c2ccccc2n1. The Hall–Kier alpha value is -1.88. The lowest BCUT2D eigenvalue weighted by Gasteiger charge is -2.21. The molecule has 2 fully saturated rings. The maximum Gasteiger partial charge on any atom is 0.222 e. The van der Waals surface area contributed by atoms with Gasteiger partial charge < -0.3 is 15.7 Å². The average molecular weight is 270 g/mol.